The van der Waals surface area contributed by atoms with Crippen LogP contribution in [0.4, 0.5) is 10.2 Å². The van der Waals surface area contributed by atoms with E-state index in [0.717, 1.165) is 30.2 Å². The van der Waals surface area contributed by atoms with Gasteiger partial charge in [0.05, 0.1) is 36.6 Å². The molecule has 0 amide bonds. The molecule has 3 N–H and O–H groups in total. The Morgan fingerprint density at radius 3 is 2.46 bits per heavy atom. The van der Waals surface area contributed by atoms with Crippen LogP contribution >= 0.6 is 0 Å². The predicted molar refractivity (Wildman–Crippen MR) is 139 cm³/mol. The highest BCUT2D eigenvalue weighted by atomic mass is 19.1. The molecule has 10 heteroatoms. The van der Waals surface area contributed by atoms with E-state index in [9.17, 15) is 4.79 Å². The fraction of sp³-hybridized carbons (Fsp3) is 0.296. The maximum Gasteiger partial charge on any atom is 0.316 e. The zero-order chi connectivity index (χ0) is 26.6. The molecule has 2 aromatic heterocycles. The van der Waals surface area contributed by atoms with Crippen molar-refractivity contribution in [2.75, 3.05) is 19.5 Å². The molecule has 0 radical (unpaired) electrons. The molecule has 1 saturated carbocycles. The molecule has 37 heavy (non-hydrogen) atoms. The molecule has 1 fully saturated rings. The van der Waals surface area contributed by atoms with Gasteiger partial charge in [0.15, 0.2) is 5.82 Å². The van der Waals surface area contributed by atoms with Crippen molar-refractivity contribution in [3.05, 3.63) is 71.8 Å². The minimum atomic E-state index is -0.592. The van der Waals surface area contributed by atoms with Crippen LogP contribution in [0.1, 0.15) is 37.9 Å². The highest BCUT2D eigenvalue weighted by Crippen LogP contribution is 2.49. The molecule has 0 bridgehead atoms. The van der Waals surface area contributed by atoms with Gasteiger partial charge in [0, 0.05) is 25.0 Å². The maximum atomic E-state index is 15.3. The molecule has 2 heterocycles. The monoisotopic (exact) mass is 504 g/mol. The lowest BCUT2D eigenvalue weighted by molar-refractivity contribution is -0.143. The number of carbonyl (C=O) groups is 1. The fourth-order valence-electron chi connectivity index (χ4n) is 4.06. The van der Waals surface area contributed by atoms with Crippen LogP contribution in [0.5, 0.6) is 5.88 Å². The molecule has 4 rings (SSSR count). The zero-order valence-corrected chi connectivity index (χ0v) is 21.1. The summed E-state index contributed by atoms with van der Waals surface area (Å²) < 4.78 is 25.8. The van der Waals surface area contributed by atoms with Gasteiger partial charge in [-0.05, 0) is 43.9 Å². The molecule has 0 spiro atoms. The fourth-order valence-corrected chi connectivity index (χ4v) is 4.06. The number of anilines is 1. The number of carbonyl (C=O) groups excluding carboxylic acids is 1. The third-order valence-corrected chi connectivity index (χ3v) is 6.08. The van der Waals surface area contributed by atoms with Crippen molar-refractivity contribution in [1.29, 1.82) is 5.41 Å². The third kappa shape index (κ3) is 5.42. The lowest BCUT2D eigenvalue weighted by Crippen LogP contribution is -2.21. The number of pyridine rings is 1. The summed E-state index contributed by atoms with van der Waals surface area (Å²) in [6, 6.07) is 8.79. The first kappa shape index (κ1) is 25.7. The van der Waals surface area contributed by atoms with E-state index in [1.54, 1.807) is 13.2 Å². The minimum absolute atomic E-state index is 0.00242. The standard InChI is InChI=1S/C27H29FN6O3/c1-16(2)37-23-15-31-14-22(33-23)34-25(30-3)20(12-29)24-21(28)11-18(13-32-24)17-5-7-19(8-6-17)27(9-10-27)26(35)36-4/h5-8,11-16,29-30H,9-10H2,1-4H3,(H,33,34)/b25-20-,29-12?. The van der Waals surface area contributed by atoms with Gasteiger partial charge in [0.2, 0.25) is 5.88 Å². The first-order chi connectivity index (χ1) is 17.8. The summed E-state index contributed by atoms with van der Waals surface area (Å²) in [6.45, 7) is 3.76. The lowest BCUT2D eigenvalue weighted by atomic mass is 9.94. The first-order valence-electron chi connectivity index (χ1n) is 11.8. The largest absolute Gasteiger partial charge is 0.474 e. The molecule has 0 aliphatic heterocycles. The van der Waals surface area contributed by atoms with Gasteiger partial charge in [-0.3, -0.25) is 14.8 Å². The second-order valence-corrected chi connectivity index (χ2v) is 8.92. The Morgan fingerprint density at radius 1 is 1.16 bits per heavy atom. The van der Waals surface area contributed by atoms with Gasteiger partial charge in [0.1, 0.15) is 17.3 Å². The van der Waals surface area contributed by atoms with Crippen LogP contribution in [-0.2, 0) is 14.9 Å². The predicted octanol–water partition coefficient (Wildman–Crippen LogP) is 4.32. The van der Waals surface area contributed by atoms with Crippen molar-refractivity contribution in [2.45, 2.75) is 38.2 Å². The Balaban J connectivity index is 1.60. The summed E-state index contributed by atoms with van der Waals surface area (Å²) in [5, 5.41) is 13.9. The smallest absolute Gasteiger partial charge is 0.316 e. The topological polar surface area (TPSA) is 122 Å². The van der Waals surface area contributed by atoms with Crippen LogP contribution < -0.4 is 15.4 Å². The number of rotatable bonds is 10. The molecule has 0 atom stereocenters. The number of nitrogens with zero attached hydrogens (tertiary/aromatic N) is 3. The van der Waals surface area contributed by atoms with Crippen LogP contribution in [0.15, 0.2) is 54.7 Å². The number of methoxy groups -OCH3 is 1. The van der Waals surface area contributed by atoms with Crippen molar-refractivity contribution in [3.8, 4) is 17.0 Å². The molecular formula is C27H29FN6O3. The Hall–Kier alpha value is -4.34. The van der Waals surface area contributed by atoms with Crippen LogP contribution in [-0.4, -0.2) is 47.4 Å². The highest BCUT2D eigenvalue weighted by molar-refractivity contribution is 6.09. The van der Waals surface area contributed by atoms with Crippen molar-refractivity contribution >= 4 is 23.6 Å². The Kier molecular flexibility index (Phi) is 7.47. The van der Waals surface area contributed by atoms with Gasteiger partial charge in [-0.25, -0.2) is 4.39 Å². The van der Waals surface area contributed by atoms with Crippen LogP contribution in [0.3, 0.4) is 0 Å². The SMILES string of the molecule is CN/C(Nc1cncc(OC(C)C)n1)=C(\C=N)c1ncc(-c2ccc(C3(C(=O)OC)CC3)cc2)cc1F. The molecule has 192 valence electrons. The highest BCUT2D eigenvalue weighted by Gasteiger charge is 2.52. The van der Waals surface area contributed by atoms with Crippen LogP contribution in [0.2, 0.25) is 0 Å². The normalized spacial score (nSPS) is 14.4. The first-order valence-corrected chi connectivity index (χ1v) is 11.8. The number of halogens is 1. The summed E-state index contributed by atoms with van der Waals surface area (Å²) in [5.74, 6) is 0.199. The van der Waals surface area contributed by atoms with Gasteiger partial charge in [-0.15, -0.1) is 0 Å². The molecule has 3 aromatic rings. The molecular weight excluding hydrogens is 475 g/mol. The zero-order valence-electron chi connectivity index (χ0n) is 21.1. The summed E-state index contributed by atoms with van der Waals surface area (Å²) in [6.07, 6.45) is 7.00. The number of benzene rings is 1. The van der Waals surface area contributed by atoms with E-state index in [-0.39, 0.29) is 23.3 Å². The summed E-state index contributed by atoms with van der Waals surface area (Å²) >= 11 is 0. The van der Waals surface area contributed by atoms with Crippen molar-refractivity contribution < 1.29 is 18.7 Å². The second kappa shape index (κ2) is 10.7. The summed E-state index contributed by atoms with van der Waals surface area (Å²) in [4.78, 5) is 24.9. The van der Waals surface area contributed by atoms with Gasteiger partial charge in [-0.1, -0.05) is 24.3 Å². The van der Waals surface area contributed by atoms with E-state index in [4.69, 9.17) is 14.9 Å². The van der Waals surface area contributed by atoms with E-state index in [2.05, 4.69) is 25.6 Å². The molecule has 1 aliphatic carbocycles. The molecule has 0 unspecified atom stereocenters. The molecule has 1 aromatic carbocycles. The van der Waals surface area contributed by atoms with Crippen molar-refractivity contribution in [2.24, 2.45) is 0 Å². The number of hydrogen-bond donors (Lipinski definition) is 3. The van der Waals surface area contributed by atoms with Gasteiger partial charge in [-0.2, -0.15) is 4.98 Å². The molecule has 0 saturated heterocycles. The van der Waals surface area contributed by atoms with E-state index >= 15 is 4.39 Å². The van der Waals surface area contributed by atoms with Crippen LogP contribution in [0, 0.1) is 11.2 Å². The van der Waals surface area contributed by atoms with E-state index < -0.39 is 11.2 Å². The summed E-state index contributed by atoms with van der Waals surface area (Å²) in [7, 11) is 3.03. The van der Waals surface area contributed by atoms with E-state index in [1.165, 1.54) is 25.6 Å². The van der Waals surface area contributed by atoms with Crippen molar-refractivity contribution in [3.63, 3.8) is 0 Å². The van der Waals surface area contributed by atoms with E-state index in [0.29, 0.717) is 23.1 Å². The number of allylic oxidation sites excluding steroid dienone is 1. The minimum Gasteiger partial charge on any atom is -0.474 e. The second-order valence-electron chi connectivity index (χ2n) is 8.92. The van der Waals surface area contributed by atoms with E-state index in [1.807, 2.05) is 38.1 Å². The van der Waals surface area contributed by atoms with Crippen molar-refractivity contribution in [1.82, 2.24) is 20.3 Å². The number of esters is 1. The Morgan fingerprint density at radius 2 is 1.89 bits per heavy atom. The third-order valence-electron chi connectivity index (χ3n) is 6.08. The average molecular weight is 505 g/mol. The Labute approximate surface area is 214 Å². The molecule has 9 nitrogen and oxygen atoms in total. The Bertz CT molecular complexity index is 1340. The van der Waals surface area contributed by atoms with Gasteiger partial charge >= 0.3 is 5.97 Å². The lowest BCUT2D eigenvalue weighted by Gasteiger charge is -2.16. The maximum absolute atomic E-state index is 15.3. The van der Waals surface area contributed by atoms with Gasteiger partial charge < -0.3 is 25.5 Å². The van der Waals surface area contributed by atoms with Gasteiger partial charge in [0.25, 0.3) is 0 Å². The summed E-state index contributed by atoms with van der Waals surface area (Å²) in [5.41, 5.74) is 1.85. The average Bonchev–Trinajstić information content (AvgIpc) is 3.71. The van der Waals surface area contributed by atoms with Crippen LogP contribution in [0.25, 0.3) is 16.7 Å². The number of hydrogen-bond acceptors (Lipinski definition) is 9. The number of ether oxygens (including phenoxy) is 2. The number of nitrogens with one attached hydrogen (secondary N) is 3. The quantitative estimate of drug-likeness (QED) is 0.276. The molecule has 1 aliphatic rings. The number of aromatic nitrogens is 3.